The lowest BCUT2D eigenvalue weighted by atomic mass is 10.1. The minimum absolute atomic E-state index is 0.0768. The van der Waals surface area contributed by atoms with Crippen LogP contribution in [0.2, 0.25) is 5.02 Å². The summed E-state index contributed by atoms with van der Waals surface area (Å²) in [5.41, 5.74) is 5.01. The van der Waals surface area contributed by atoms with Gasteiger partial charge in [0.1, 0.15) is 5.56 Å². The fourth-order valence-corrected chi connectivity index (χ4v) is 2.46. The molecule has 0 aliphatic heterocycles. The normalized spacial score (nSPS) is 10.3. The van der Waals surface area contributed by atoms with E-state index in [1.165, 1.54) is 0 Å². The van der Waals surface area contributed by atoms with E-state index in [0.717, 1.165) is 13.1 Å². The van der Waals surface area contributed by atoms with Gasteiger partial charge in [-0.15, -0.1) is 0 Å². The molecular weight excluding hydrogens is 380 g/mol. The Balaban J connectivity index is 2.24. The van der Waals surface area contributed by atoms with Crippen LogP contribution >= 0.6 is 11.6 Å². The number of hydrogen-bond donors (Lipinski definition) is 4. The van der Waals surface area contributed by atoms with Crippen LogP contribution in [-0.4, -0.2) is 39.0 Å². The van der Waals surface area contributed by atoms with Crippen molar-refractivity contribution < 1.29 is 24.7 Å². The van der Waals surface area contributed by atoms with Gasteiger partial charge in [0.2, 0.25) is 5.75 Å². The Bertz CT molecular complexity index is 916. The third-order valence-corrected chi connectivity index (χ3v) is 3.93. The minimum Gasteiger partial charge on any atom is -0.504 e. The molecule has 0 aromatic heterocycles. The number of phenolic OH excluding ortho intramolecular Hbond substituents is 2. The first-order valence-corrected chi connectivity index (χ1v) is 7.80. The topological polar surface area (TPSA) is 159 Å². The number of aromatic hydroxyl groups is 2. The Hall–Kier alpha value is -3.53. The van der Waals surface area contributed by atoms with Crippen molar-refractivity contribution in [3.63, 3.8) is 0 Å². The SMILES string of the molecule is CN(C(=O)NCc1ccc(N)cc1)C(=O)c1c(Cl)cc(O)c(O)c1[N+](=O)[O-]. The Morgan fingerprint density at radius 1 is 1.30 bits per heavy atom. The zero-order valence-corrected chi connectivity index (χ0v) is 14.7. The molecule has 0 unspecified atom stereocenters. The average Bonchev–Trinajstić information content (AvgIpc) is 2.62. The highest BCUT2D eigenvalue weighted by Crippen LogP contribution is 2.42. The second-order valence-electron chi connectivity index (χ2n) is 5.47. The number of nitro benzene ring substituents is 1. The number of imide groups is 1. The van der Waals surface area contributed by atoms with Crippen molar-refractivity contribution in [3.8, 4) is 11.5 Å². The average molecular weight is 395 g/mol. The summed E-state index contributed by atoms with van der Waals surface area (Å²) in [6.07, 6.45) is 0. The van der Waals surface area contributed by atoms with E-state index in [0.29, 0.717) is 16.2 Å². The van der Waals surface area contributed by atoms with Gasteiger partial charge in [0.25, 0.3) is 5.91 Å². The van der Waals surface area contributed by atoms with Crippen molar-refractivity contribution in [2.24, 2.45) is 0 Å². The molecule has 0 fully saturated rings. The van der Waals surface area contributed by atoms with E-state index < -0.39 is 44.6 Å². The maximum absolute atomic E-state index is 12.5. The number of carbonyl (C=O) groups excluding carboxylic acids is 2. The summed E-state index contributed by atoms with van der Waals surface area (Å²) in [6.45, 7) is 0.0768. The lowest BCUT2D eigenvalue weighted by molar-refractivity contribution is -0.386. The Morgan fingerprint density at radius 3 is 2.44 bits per heavy atom. The molecule has 2 rings (SSSR count). The first-order chi connectivity index (χ1) is 12.6. The number of carbonyl (C=O) groups is 2. The summed E-state index contributed by atoms with van der Waals surface area (Å²) in [6, 6.07) is 6.55. The number of hydrogen-bond acceptors (Lipinski definition) is 7. The molecule has 10 nitrogen and oxygen atoms in total. The van der Waals surface area contributed by atoms with Crippen LogP contribution in [0.15, 0.2) is 30.3 Å². The third-order valence-electron chi connectivity index (χ3n) is 3.64. The van der Waals surface area contributed by atoms with Crippen LogP contribution in [0.25, 0.3) is 0 Å². The zero-order valence-electron chi connectivity index (χ0n) is 14.0. The van der Waals surface area contributed by atoms with Crippen molar-refractivity contribution >= 4 is 34.9 Å². The summed E-state index contributed by atoms with van der Waals surface area (Å²) in [5.74, 6) is -3.11. The van der Waals surface area contributed by atoms with Gasteiger partial charge in [0, 0.05) is 25.3 Å². The van der Waals surface area contributed by atoms with E-state index in [4.69, 9.17) is 17.3 Å². The van der Waals surface area contributed by atoms with Gasteiger partial charge in [0.05, 0.1) is 9.95 Å². The monoisotopic (exact) mass is 394 g/mol. The highest BCUT2D eigenvalue weighted by molar-refractivity contribution is 6.35. The molecule has 3 amide bonds. The molecule has 0 aliphatic rings. The molecule has 0 bridgehead atoms. The summed E-state index contributed by atoms with van der Waals surface area (Å²) in [4.78, 5) is 35.4. The van der Waals surface area contributed by atoms with Crippen molar-refractivity contribution in [2.45, 2.75) is 6.54 Å². The van der Waals surface area contributed by atoms with E-state index in [1.807, 2.05) is 0 Å². The summed E-state index contributed by atoms with van der Waals surface area (Å²) in [7, 11) is 1.09. The van der Waals surface area contributed by atoms with Gasteiger partial charge < -0.3 is 21.3 Å². The molecule has 0 radical (unpaired) electrons. The number of nitro groups is 1. The van der Waals surface area contributed by atoms with Gasteiger partial charge in [-0.2, -0.15) is 0 Å². The quantitative estimate of drug-likeness (QED) is 0.267. The fourth-order valence-electron chi connectivity index (χ4n) is 2.19. The number of halogens is 1. The van der Waals surface area contributed by atoms with Crippen LogP contribution in [0.4, 0.5) is 16.2 Å². The van der Waals surface area contributed by atoms with Crippen molar-refractivity contribution in [1.29, 1.82) is 0 Å². The maximum atomic E-state index is 12.5. The molecule has 0 atom stereocenters. The molecular formula is C16H15ClN4O6. The van der Waals surface area contributed by atoms with Crippen LogP contribution in [0, 0.1) is 10.1 Å². The predicted octanol–water partition coefficient (Wildman–Crippen LogP) is 2.22. The number of anilines is 1. The predicted molar refractivity (Wildman–Crippen MR) is 96.6 cm³/mol. The number of amides is 3. The fraction of sp³-hybridized carbons (Fsp3) is 0.125. The minimum atomic E-state index is -1.13. The molecule has 0 saturated heterocycles. The molecule has 0 saturated carbocycles. The molecule has 11 heteroatoms. The van der Waals surface area contributed by atoms with Crippen LogP contribution in [0.5, 0.6) is 11.5 Å². The van der Waals surface area contributed by atoms with E-state index in [9.17, 15) is 29.9 Å². The molecule has 0 aliphatic carbocycles. The van der Waals surface area contributed by atoms with Crippen molar-refractivity contribution in [2.75, 3.05) is 12.8 Å². The molecule has 142 valence electrons. The van der Waals surface area contributed by atoms with E-state index >= 15 is 0 Å². The van der Waals surface area contributed by atoms with E-state index in [2.05, 4.69) is 5.32 Å². The van der Waals surface area contributed by atoms with Gasteiger partial charge in [-0.05, 0) is 17.7 Å². The standard InChI is InChI=1S/C16H15ClN4O6/c1-20(16(25)19-7-8-2-4-9(18)5-3-8)15(24)12-10(17)6-11(22)14(23)13(12)21(26)27/h2-6,22-23H,7,18H2,1H3,(H,19,25). The number of nitrogens with two attached hydrogens (primary N) is 1. The maximum Gasteiger partial charge on any atom is 0.328 e. The van der Waals surface area contributed by atoms with Gasteiger partial charge >= 0.3 is 11.7 Å². The largest absolute Gasteiger partial charge is 0.504 e. The number of urea groups is 1. The molecule has 0 heterocycles. The van der Waals surface area contributed by atoms with Crippen molar-refractivity contribution in [1.82, 2.24) is 10.2 Å². The first-order valence-electron chi connectivity index (χ1n) is 7.42. The van der Waals surface area contributed by atoms with E-state index in [-0.39, 0.29) is 6.54 Å². The van der Waals surface area contributed by atoms with Gasteiger partial charge in [-0.1, -0.05) is 23.7 Å². The number of benzene rings is 2. The highest BCUT2D eigenvalue weighted by Gasteiger charge is 2.34. The molecule has 0 spiro atoms. The van der Waals surface area contributed by atoms with Gasteiger partial charge in [0.15, 0.2) is 5.75 Å². The third kappa shape index (κ3) is 4.18. The molecule has 5 N–H and O–H groups in total. The Kier molecular flexibility index (Phi) is 5.71. The summed E-state index contributed by atoms with van der Waals surface area (Å²) >= 11 is 5.82. The van der Waals surface area contributed by atoms with Gasteiger partial charge in [-0.25, -0.2) is 4.79 Å². The van der Waals surface area contributed by atoms with Crippen LogP contribution in [-0.2, 0) is 6.54 Å². The number of nitrogen functional groups attached to an aromatic ring is 1. The molecule has 27 heavy (non-hydrogen) atoms. The second-order valence-corrected chi connectivity index (χ2v) is 5.88. The molecule has 2 aromatic carbocycles. The van der Waals surface area contributed by atoms with Crippen LogP contribution in [0.3, 0.4) is 0 Å². The number of rotatable bonds is 4. The van der Waals surface area contributed by atoms with Crippen LogP contribution in [0.1, 0.15) is 15.9 Å². The van der Waals surface area contributed by atoms with Crippen LogP contribution < -0.4 is 11.1 Å². The van der Waals surface area contributed by atoms with Crippen molar-refractivity contribution in [3.05, 3.63) is 56.6 Å². The lowest BCUT2D eigenvalue weighted by Crippen LogP contribution is -2.41. The second kappa shape index (κ2) is 7.79. The summed E-state index contributed by atoms with van der Waals surface area (Å²) < 4.78 is 0. The lowest BCUT2D eigenvalue weighted by Gasteiger charge is -2.17. The smallest absolute Gasteiger partial charge is 0.328 e. The zero-order chi connectivity index (χ0) is 20.3. The highest BCUT2D eigenvalue weighted by atomic mass is 35.5. The van der Waals surface area contributed by atoms with E-state index in [1.54, 1.807) is 24.3 Å². The number of nitrogens with zero attached hydrogens (tertiary/aromatic N) is 2. The number of phenols is 2. The Morgan fingerprint density at radius 2 is 1.89 bits per heavy atom. The molecule has 2 aromatic rings. The van der Waals surface area contributed by atoms with Gasteiger partial charge in [-0.3, -0.25) is 19.8 Å². The summed E-state index contributed by atoms with van der Waals surface area (Å²) in [5, 5.41) is 32.3. The number of nitrogens with one attached hydrogen (secondary N) is 1. The Labute approximate surface area is 157 Å². The first kappa shape index (κ1) is 19.8.